The van der Waals surface area contributed by atoms with Crippen LogP contribution in [0.2, 0.25) is 0 Å². The van der Waals surface area contributed by atoms with Crippen LogP contribution in [-0.4, -0.2) is 9.97 Å². The molecule has 0 aliphatic rings. The van der Waals surface area contributed by atoms with Gasteiger partial charge in [-0.1, -0.05) is 26.0 Å². The number of ether oxygens (including phenoxy) is 1. The summed E-state index contributed by atoms with van der Waals surface area (Å²) in [6, 6.07) is 7.91. The third kappa shape index (κ3) is 2.72. The molecule has 0 aliphatic heterocycles. The minimum atomic E-state index is 0.386. The number of nitrogens with two attached hydrogens (primary N) is 1. The third-order valence-corrected chi connectivity index (χ3v) is 2.46. The van der Waals surface area contributed by atoms with Crippen LogP contribution in [0.3, 0.4) is 0 Å². The fraction of sp³-hybridized carbons (Fsp3) is 0.231. The molecule has 4 heteroatoms. The highest BCUT2D eigenvalue weighted by atomic mass is 16.5. The molecular weight excluding hydrogens is 214 g/mol. The van der Waals surface area contributed by atoms with Gasteiger partial charge in [0.15, 0.2) is 0 Å². The average molecular weight is 229 g/mol. The standard InChI is InChI=1S/C13H15N3O/c1-9(2)10-3-5-11(6-4-10)17-13-12(14)7-15-8-16-13/h3-9H,14H2,1-2H3. The molecule has 17 heavy (non-hydrogen) atoms. The lowest BCUT2D eigenvalue weighted by Crippen LogP contribution is -1.96. The molecule has 0 atom stereocenters. The Morgan fingerprint density at radius 1 is 1.18 bits per heavy atom. The zero-order chi connectivity index (χ0) is 12.3. The summed E-state index contributed by atoms with van der Waals surface area (Å²) < 4.78 is 5.57. The van der Waals surface area contributed by atoms with E-state index in [1.165, 1.54) is 18.1 Å². The monoisotopic (exact) mass is 229 g/mol. The van der Waals surface area contributed by atoms with Crippen molar-refractivity contribution >= 4 is 5.69 Å². The molecule has 4 nitrogen and oxygen atoms in total. The Bertz CT molecular complexity index is 494. The molecule has 0 aliphatic carbocycles. The topological polar surface area (TPSA) is 61.0 Å². The second-order valence-corrected chi connectivity index (χ2v) is 4.11. The van der Waals surface area contributed by atoms with Crippen LogP contribution in [-0.2, 0) is 0 Å². The van der Waals surface area contributed by atoms with E-state index in [1.807, 2.05) is 24.3 Å². The van der Waals surface area contributed by atoms with Crippen LogP contribution >= 0.6 is 0 Å². The van der Waals surface area contributed by atoms with Gasteiger partial charge in [-0.3, -0.25) is 0 Å². The lowest BCUT2D eigenvalue weighted by molar-refractivity contribution is 0.464. The van der Waals surface area contributed by atoms with E-state index in [1.54, 1.807) is 0 Å². The summed E-state index contributed by atoms with van der Waals surface area (Å²) in [4.78, 5) is 7.78. The minimum Gasteiger partial charge on any atom is -0.437 e. The van der Waals surface area contributed by atoms with Gasteiger partial charge in [-0.2, -0.15) is 4.98 Å². The van der Waals surface area contributed by atoms with Crippen LogP contribution in [0, 0.1) is 0 Å². The van der Waals surface area contributed by atoms with Crippen LogP contribution < -0.4 is 10.5 Å². The van der Waals surface area contributed by atoms with Gasteiger partial charge in [-0.05, 0) is 23.6 Å². The van der Waals surface area contributed by atoms with Crippen molar-refractivity contribution in [3.63, 3.8) is 0 Å². The first-order chi connectivity index (χ1) is 8.16. The molecule has 0 spiro atoms. The predicted octanol–water partition coefficient (Wildman–Crippen LogP) is 2.97. The largest absolute Gasteiger partial charge is 0.437 e. The first kappa shape index (κ1) is 11.4. The van der Waals surface area contributed by atoms with E-state index in [2.05, 4.69) is 23.8 Å². The predicted molar refractivity (Wildman–Crippen MR) is 67.0 cm³/mol. The van der Waals surface area contributed by atoms with E-state index in [0.717, 1.165) is 5.75 Å². The summed E-state index contributed by atoms with van der Waals surface area (Å²) >= 11 is 0. The van der Waals surface area contributed by atoms with Crippen LogP contribution in [0.4, 0.5) is 5.69 Å². The van der Waals surface area contributed by atoms with E-state index in [0.29, 0.717) is 17.5 Å². The highest BCUT2D eigenvalue weighted by molar-refractivity contribution is 5.47. The molecule has 2 aromatic rings. The normalized spacial score (nSPS) is 10.5. The number of hydrogen-bond acceptors (Lipinski definition) is 4. The molecule has 0 unspecified atom stereocenters. The van der Waals surface area contributed by atoms with Gasteiger partial charge in [0.1, 0.15) is 17.8 Å². The summed E-state index contributed by atoms with van der Waals surface area (Å²) in [6.45, 7) is 4.30. The molecular formula is C13H15N3O. The van der Waals surface area contributed by atoms with E-state index >= 15 is 0 Å². The number of hydrogen-bond donors (Lipinski definition) is 1. The Balaban J connectivity index is 2.17. The van der Waals surface area contributed by atoms with Gasteiger partial charge in [0, 0.05) is 0 Å². The fourth-order valence-electron chi connectivity index (χ4n) is 1.45. The molecule has 0 radical (unpaired) electrons. The van der Waals surface area contributed by atoms with Crippen molar-refractivity contribution in [1.82, 2.24) is 9.97 Å². The number of rotatable bonds is 3. The molecule has 0 bridgehead atoms. The third-order valence-electron chi connectivity index (χ3n) is 2.46. The maximum atomic E-state index is 5.70. The summed E-state index contributed by atoms with van der Waals surface area (Å²) in [6.07, 6.45) is 2.93. The number of aromatic nitrogens is 2. The van der Waals surface area contributed by atoms with E-state index in [-0.39, 0.29) is 0 Å². The van der Waals surface area contributed by atoms with Gasteiger partial charge in [0.05, 0.1) is 6.20 Å². The quantitative estimate of drug-likeness (QED) is 0.878. The molecule has 88 valence electrons. The van der Waals surface area contributed by atoms with E-state index in [9.17, 15) is 0 Å². The van der Waals surface area contributed by atoms with E-state index < -0.39 is 0 Å². The maximum Gasteiger partial charge on any atom is 0.245 e. The number of benzene rings is 1. The lowest BCUT2D eigenvalue weighted by atomic mass is 10.0. The molecule has 1 heterocycles. The SMILES string of the molecule is CC(C)c1ccc(Oc2ncncc2N)cc1. The van der Waals surface area contributed by atoms with Crippen molar-refractivity contribution in [2.45, 2.75) is 19.8 Å². The lowest BCUT2D eigenvalue weighted by Gasteiger charge is -2.08. The molecule has 0 amide bonds. The van der Waals surface area contributed by atoms with Gasteiger partial charge in [-0.25, -0.2) is 4.98 Å². The van der Waals surface area contributed by atoms with Crippen LogP contribution in [0.1, 0.15) is 25.3 Å². The maximum absolute atomic E-state index is 5.70. The summed E-state index contributed by atoms with van der Waals surface area (Å²) in [5.41, 5.74) is 7.40. The van der Waals surface area contributed by atoms with Crippen molar-refractivity contribution in [3.8, 4) is 11.6 Å². The second kappa shape index (κ2) is 4.82. The second-order valence-electron chi connectivity index (χ2n) is 4.11. The van der Waals surface area contributed by atoms with Gasteiger partial charge >= 0.3 is 0 Å². The van der Waals surface area contributed by atoms with Gasteiger partial charge in [0.2, 0.25) is 5.88 Å². The van der Waals surface area contributed by atoms with Crippen LogP contribution in [0.15, 0.2) is 36.8 Å². The summed E-state index contributed by atoms with van der Waals surface area (Å²) in [5, 5.41) is 0. The minimum absolute atomic E-state index is 0.386. The Morgan fingerprint density at radius 3 is 2.47 bits per heavy atom. The van der Waals surface area contributed by atoms with Gasteiger partial charge in [-0.15, -0.1) is 0 Å². The van der Waals surface area contributed by atoms with E-state index in [4.69, 9.17) is 10.5 Å². The first-order valence-corrected chi connectivity index (χ1v) is 5.50. The van der Waals surface area contributed by atoms with Crippen molar-refractivity contribution in [3.05, 3.63) is 42.4 Å². The molecule has 2 rings (SSSR count). The van der Waals surface area contributed by atoms with Crippen molar-refractivity contribution in [2.75, 3.05) is 5.73 Å². The Hall–Kier alpha value is -2.10. The van der Waals surface area contributed by atoms with Crippen molar-refractivity contribution < 1.29 is 4.74 Å². The highest BCUT2D eigenvalue weighted by Gasteiger charge is 2.04. The Morgan fingerprint density at radius 2 is 1.88 bits per heavy atom. The first-order valence-electron chi connectivity index (χ1n) is 5.50. The Kier molecular flexibility index (Phi) is 3.23. The molecule has 1 aromatic carbocycles. The molecule has 0 saturated heterocycles. The smallest absolute Gasteiger partial charge is 0.245 e. The van der Waals surface area contributed by atoms with Gasteiger partial charge in [0.25, 0.3) is 0 Å². The zero-order valence-electron chi connectivity index (χ0n) is 9.92. The summed E-state index contributed by atoms with van der Waals surface area (Å²) in [5.74, 6) is 1.62. The average Bonchev–Trinajstić information content (AvgIpc) is 2.33. The van der Waals surface area contributed by atoms with Crippen LogP contribution in [0.5, 0.6) is 11.6 Å². The van der Waals surface area contributed by atoms with Gasteiger partial charge < -0.3 is 10.5 Å². The zero-order valence-corrected chi connectivity index (χ0v) is 9.92. The van der Waals surface area contributed by atoms with Crippen molar-refractivity contribution in [1.29, 1.82) is 0 Å². The Labute approximate surface area is 100 Å². The number of nitrogen functional groups attached to an aromatic ring is 1. The van der Waals surface area contributed by atoms with Crippen molar-refractivity contribution in [2.24, 2.45) is 0 Å². The molecule has 2 N–H and O–H groups in total. The number of anilines is 1. The molecule has 0 fully saturated rings. The molecule has 0 saturated carbocycles. The van der Waals surface area contributed by atoms with Crippen LogP contribution in [0.25, 0.3) is 0 Å². The highest BCUT2D eigenvalue weighted by Crippen LogP contribution is 2.25. The number of nitrogens with zero attached hydrogens (tertiary/aromatic N) is 2. The summed E-state index contributed by atoms with van der Waals surface area (Å²) in [7, 11) is 0. The fourth-order valence-corrected chi connectivity index (χ4v) is 1.45. The molecule has 1 aromatic heterocycles.